The van der Waals surface area contributed by atoms with Crippen molar-refractivity contribution in [2.24, 2.45) is 4.99 Å². The topological polar surface area (TPSA) is 93.7 Å². The van der Waals surface area contributed by atoms with E-state index in [1.807, 2.05) is 33.0 Å². The summed E-state index contributed by atoms with van der Waals surface area (Å²) in [7, 11) is 5.99. The lowest BCUT2D eigenvalue weighted by Crippen LogP contribution is -2.51. The lowest BCUT2D eigenvalue weighted by atomic mass is 9.92. The lowest BCUT2D eigenvalue weighted by Gasteiger charge is -2.42. The fraction of sp³-hybridized carbons (Fsp3) is 0.350. The highest BCUT2D eigenvalue weighted by Crippen LogP contribution is 2.41. The van der Waals surface area contributed by atoms with E-state index < -0.39 is 0 Å². The molecule has 0 aliphatic carbocycles. The predicted molar refractivity (Wildman–Crippen MR) is 108 cm³/mol. The first-order valence-electron chi connectivity index (χ1n) is 9.00. The summed E-state index contributed by atoms with van der Waals surface area (Å²) < 4.78 is 0. The summed E-state index contributed by atoms with van der Waals surface area (Å²) in [6, 6.07) is 5.78. The second-order valence-corrected chi connectivity index (χ2v) is 7.41. The molecule has 8 heteroatoms. The fourth-order valence-electron chi connectivity index (χ4n) is 4.15. The average molecular weight is 374 g/mol. The van der Waals surface area contributed by atoms with E-state index in [2.05, 4.69) is 44.1 Å². The number of nitrogens with one attached hydrogen (secondary N) is 2. The molecule has 2 N–H and O–H groups in total. The van der Waals surface area contributed by atoms with Gasteiger partial charge in [-0.15, -0.1) is 0 Å². The van der Waals surface area contributed by atoms with Crippen LogP contribution in [0.1, 0.15) is 16.7 Å². The standard InChI is InChI=1S/C20H22N8/c1-11-14(8-22)13(7-21)6-15-16(11)25-18-17(24-15)12(2)26(3)9-23-20-19(18)27(4)10-28(20)5/h6,9,17-18,24-25H,2,10H2,1,3-5H3. The third-order valence-electron chi connectivity index (χ3n) is 5.64. The Labute approximate surface area is 164 Å². The highest BCUT2D eigenvalue weighted by Gasteiger charge is 2.41. The minimum atomic E-state index is -0.137. The summed E-state index contributed by atoms with van der Waals surface area (Å²) in [5.41, 5.74) is 5.11. The molecule has 2 atom stereocenters. The average Bonchev–Trinajstić information content (AvgIpc) is 2.96. The Morgan fingerprint density at radius 3 is 2.57 bits per heavy atom. The Kier molecular flexibility index (Phi) is 3.93. The number of rotatable bonds is 0. The van der Waals surface area contributed by atoms with Crippen LogP contribution in [-0.2, 0) is 0 Å². The van der Waals surface area contributed by atoms with Gasteiger partial charge in [0, 0.05) is 26.8 Å². The Balaban J connectivity index is 1.91. The number of hydrogen-bond acceptors (Lipinski definition) is 8. The zero-order chi connectivity index (χ0) is 20.2. The zero-order valence-corrected chi connectivity index (χ0v) is 16.4. The molecule has 28 heavy (non-hydrogen) atoms. The summed E-state index contributed by atoms with van der Waals surface area (Å²) in [5.74, 6) is 0.904. The van der Waals surface area contributed by atoms with E-state index in [-0.39, 0.29) is 12.1 Å². The Bertz CT molecular complexity index is 1020. The molecule has 1 aromatic carbocycles. The first-order chi connectivity index (χ1) is 13.4. The van der Waals surface area contributed by atoms with Crippen LogP contribution in [0, 0.1) is 29.6 Å². The summed E-state index contributed by atoms with van der Waals surface area (Å²) >= 11 is 0. The van der Waals surface area contributed by atoms with E-state index in [1.165, 1.54) is 0 Å². The van der Waals surface area contributed by atoms with Crippen molar-refractivity contribution in [2.75, 3.05) is 38.4 Å². The van der Waals surface area contributed by atoms with Gasteiger partial charge in [-0.1, -0.05) is 6.58 Å². The van der Waals surface area contributed by atoms with Crippen LogP contribution < -0.4 is 10.6 Å². The normalized spacial score (nSPS) is 22.9. The quantitative estimate of drug-likeness (QED) is 0.715. The van der Waals surface area contributed by atoms with Crippen LogP contribution in [0.3, 0.4) is 0 Å². The number of likely N-dealkylation sites (N-methyl/N-ethyl adjacent to an activating group) is 2. The molecule has 0 aromatic heterocycles. The van der Waals surface area contributed by atoms with E-state index in [1.54, 1.807) is 12.4 Å². The van der Waals surface area contributed by atoms with E-state index in [0.717, 1.165) is 40.8 Å². The summed E-state index contributed by atoms with van der Waals surface area (Å²) in [5, 5.41) is 26.2. The minimum Gasteiger partial charge on any atom is -0.373 e. The number of fused-ring (bicyclic) bond motifs is 3. The van der Waals surface area contributed by atoms with Crippen molar-refractivity contribution < 1.29 is 0 Å². The van der Waals surface area contributed by atoms with Crippen molar-refractivity contribution in [1.29, 1.82) is 10.5 Å². The maximum atomic E-state index is 9.54. The van der Waals surface area contributed by atoms with Gasteiger partial charge < -0.3 is 25.3 Å². The molecule has 0 saturated carbocycles. The molecule has 0 spiro atoms. The van der Waals surface area contributed by atoms with Crippen LogP contribution in [0.4, 0.5) is 11.4 Å². The SMILES string of the molecule is C=C1C2Nc3cc(C#N)c(C#N)c(C)c3NC2C2=C(N=CN1C)N(C)CN2C. The first kappa shape index (κ1) is 17.7. The molecule has 1 aromatic rings. The number of nitriles is 2. The van der Waals surface area contributed by atoms with E-state index in [0.29, 0.717) is 11.1 Å². The third-order valence-corrected chi connectivity index (χ3v) is 5.64. The smallest absolute Gasteiger partial charge is 0.153 e. The molecular formula is C20H22N8. The highest BCUT2D eigenvalue weighted by atomic mass is 15.4. The molecule has 0 fully saturated rings. The molecule has 0 amide bonds. The molecule has 3 heterocycles. The van der Waals surface area contributed by atoms with Crippen molar-refractivity contribution in [3.8, 4) is 12.1 Å². The van der Waals surface area contributed by atoms with E-state index in [4.69, 9.17) is 0 Å². The van der Waals surface area contributed by atoms with Crippen LogP contribution in [0.2, 0.25) is 0 Å². The van der Waals surface area contributed by atoms with Gasteiger partial charge >= 0.3 is 0 Å². The maximum Gasteiger partial charge on any atom is 0.153 e. The molecule has 142 valence electrons. The summed E-state index contributed by atoms with van der Waals surface area (Å²) in [6.45, 7) is 6.88. The highest BCUT2D eigenvalue weighted by molar-refractivity contribution is 5.82. The summed E-state index contributed by atoms with van der Waals surface area (Å²) in [4.78, 5) is 10.9. The van der Waals surface area contributed by atoms with Gasteiger partial charge in [0.05, 0.1) is 53.3 Å². The summed E-state index contributed by atoms with van der Waals surface area (Å²) in [6.07, 6.45) is 1.78. The van der Waals surface area contributed by atoms with Crippen molar-refractivity contribution in [3.05, 3.63) is 46.6 Å². The van der Waals surface area contributed by atoms with Gasteiger partial charge in [0.1, 0.15) is 12.1 Å². The number of anilines is 2. The van der Waals surface area contributed by atoms with Crippen LogP contribution in [0.25, 0.3) is 0 Å². The van der Waals surface area contributed by atoms with Crippen LogP contribution in [0.5, 0.6) is 0 Å². The van der Waals surface area contributed by atoms with Gasteiger partial charge in [-0.2, -0.15) is 10.5 Å². The second-order valence-electron chi connectivity index (χ2n) is 7.41. The molecule has 0 radical (unpaired) electrons. The van der Waals surface area contributed by atoms with Crippen LogP contribution in [0.15, 0.2) is 34.9 Å². The monoisotopic (exact) mass is 374 g/mol. The minimum absolute atomic E-state index is 0.122. The van der Waals surface area contributed by atoms with E-state index >= 15 is 0 Å². The molecule has 0 bridgehead atoms. The molecule has 3 aliphatic rings. The molecule has 4 rings (SSSR count). The Morgan fingerprint density at radius 1 is 1.14 bits per heavy atom. The number of benzene rings is 1. The maximum absolute atomic E-state index is 9.54. The third kappa shape index (κ3) is 2.39. The van der Waals surface area contributed by atoms with Crippen molar-refractivity contribution >= 4 is 17.7 Å². The molecule has 2 unspecified atom stereocenters. The molecular weight excluding hydrogens is 352 g/mol. The first-order valence-corrected chi connectivity index (χ1v) is 9.00. The zero-order valence-electron chi connectivity index (χ0n) is 16.4. The van der Waals surface area contributed by atoms with Crippen molar-refractivity contribution in [3.63, 3.8) is 0 Å². The van der Waals surface area contributed by atoms with Gasteiger partial charge in [0.2, 0.25) is 0 Å². The Hall–Kier alpha value is -3.65. The number of nitrogens with zero attached hydrogens (tertiary/aromatic N) is 6. The number of hydrogen-bond donors (Lipinski definition) is 2. The van der Waals surface area contributed by atoms with Gasteiger partial charge in [-0.05, 0) is 18.6 Å². The molecule has 0 saturated heterocycles. The van der Waals surface area contributed by atoms with Gasteiger partial charge in [-0.25, -0.2) is 4.99 Å². The fourth-order valence-corrected chi connectivity index (χ4v) is 4.15. The van der Waals surface area contributed by atoms with Gasteiger partial charge in [-0.3, -0.25) is 0 Å². The molecule has 3 aliphatic heterocycles. The number of aliphatic imine (C=N–C) groups is 1. The van der Waals surface area contributed by atoms with Gasteiger partial charge in [0.15, 0.2) is 5.82 Å². The van der Waals surface area contributed by atoms with Crippen LogP contribution >= 0.6 is 0 Å². The van der Waals surface area contributed by atoms with Crippen LogP contribution in [-0.4, -0.2) is 60.9 Å². The molecule has 8 nitrogen and oxygen atoms in total. The second kappa shape index (κ2) is 6.21. The lowest BCUT2D eigenvalue weighted by molar-refractivity contribution is 0.309. The Morgan fingerprint density at radius 2 is 1.89 bits per heavy atom. The largest absolute Gasteiger partial charge is 0.373 e. The van der Waals surface area contributed by atoms with Crippen molar-refractivity contribution in [2.45, 2.75) is 19.0 Å². The van der Waals surface area contributed by atoms with E-state index in [9.17, 15) is 10.5 Å². The predicted octanol–water partition coefficient (Wildman–Crippen LogP) is 1.80. The van der Waals surface area contributed by atoms with Crippen molar-refractivity contribution in [1.82, 2.24) is 14.7 Å². The van der Waals surface area contributed by atoms with Gasteiger partial charge in [0.25, 0.3) is 0 Å².